The topological polar surface area (TPSA) is 26.0 Å². The van der Waals surface area contributed by atoms with Crippen LogP contribution >= 0.6 is 0 Å². The highest BCUT2D eigenvalue weighted by Gasteiger charge is 2.17. The van der Waals surface area contributed by atoms with Gasteiger partial charge in [-0.1, -0.05) is 33.9 Å². The van der Waals surface area contributed by atoms with Crippen LogP contribution in [0.4, 0.5) is 0 Å². The summed E-state index contributed by atoms with van der Waals surface area (Å²) >= 11 is 0. The summed E-state index contributed by atoms with van der Waals surface area (Å²) in [7, 11) is 1.31. The Bertz CT molecular complexity index is 94.0. The monoisotopic (exact) mass is 169 g/mol. The van der Waals surface area contributed by atoms with Gasteiger partial charge >= 0.3 is 0 Å². The summed E-state index contributed by atoms with van der Waals surface area (Å²) in [5, 5.41) is 0. The van der Waals surface area contributed by atoms with E-state index in [0.29, 0.717) is 0 Å². The van der Waals surface area contributed by atoms with Gasteiger partial charge in [-0.3, -0.25) is 0 Å². The van der Waals surface area contributed by atoms with Crippen LogP contribution in [0.3, 0.4) is 0 Å². The second kappa shape index (κ2) is 6.53. The minimum Gasteiger partial charge on any atom is -0.330 e. The Morgan fingerprint density at radius 3 is 2.17 bits per heavy atom. The Hall–Kier alpha value is 0.0249. The summed E-state index contributed by atoms with van der Waals surface area (Å²) in [5.41, 5.74) is 5.54. The molecule has 72 valence electrons. The first-order valence-corrected chi connectivity index (χ1v) is 5.33. The molecule has 0 bridgehead atoms. The van der Waals surface area contributed by atoms with Crippen LogP contribution in [0.15, 0.2) is 0 Å². The summed E-state index contributed by atoms with van der Waals surface area (Å²) in [4.78, 5) is 0. The van der Waals surface area contributed by atoms with Gasteiger partial charge in [0.15, 0.2) is 0 Å². The maximum atomic E-state index is 5.54. The normalized spacial score (nSPS) is 18.4. The Labute approximate surface area is 78.4 Å². The third-order valence-corrected chi connectivity index (χ3v) is 3.16. The molecule has 12 heavy (non-hydrogen) atoms. The maximum Gasteiger partial charge on any atom is 0.117 e. The number of rotatable bonds is 6. The Balaban J connectivity index is 3.73. The summed E-state index contributed by atoms with van der Waals surface area (Å²) in [5.74, 6) is 2.47. The van der Waals surface area contributed by atoms with Gasteiger partial charge in [0, 0.05) is 0 Å². The fraction of sp³-hybridized carbons (Fsp3) is 1.00. The predicted octanol–water partition coefficient (Wildman–Crippen LogP) is 2.15. The quantitative estimate of drug-likeness (QED) is 0.605. The second-order valence-electron chi connectivity index (χ2n) is 4.18. The Morgan fingerprint density at radius 1 is 1.17 bits per heavy atom. The van der Waals surface area contributed by atoms with Crippen LogP contribution in [0.5, 0.6) is 0 Å². The van der Waals surface area contributed by atoms with Crippen LogP contribution < -0.4 is 5.73 Å². The van der Waals surface area contributed by atoms with E-state index < -0.39 is 0 Å². The fourth-order valence-electron chi connectivity index (χ4n) is 1.80. The Kier molecular flexibility index (Phi) is 6.54. The van der Waals surface area contributed by atoms with E-state index in [2.05, 4.69) is 27.6 Å². The smallest absolute Gasteiger partial charge is 0.117 e. The van der Waals surface area contributed by atoms with Gasteiger partial charge in [0.05, 0.1) is 0 Å². The number of hydrogen-bond acceptors (Lipinski definition) is 1. The van der Waals surface area contributed by atoms with Crippen molar-refractivity contribution in [2.24, 2.45) is 23.5 Å². The largest absolute Gasteiger partial charge is 0.330 e. The molecular weight excluding hydrogens is 145 g/mol. The maximum absolute atomic E-state index is 5.54. The van der Waals surface area contributed by atoms with E-state index in [1.54, 1.807) is 0 Å². The average Bonchev–Trinajstić information content (AvgIpc) is 2.04. The zero-order valence-corrected chi connectivity index (χ0v) is 9.14. The molecule has 0 aliphatic carbocycles. The molecule has 0 saturated heterocycles. The fourth-order valence-corrected chi connectivity index (χ4v) is 1.80. The van der Waals surface area contributed by atoms with Crippen molar-refractivity contribution >= 4 is 7.28 Å². The molecule has 0 fully saturated rings. The van der Waals surface area contributed by atoms with Gasteiger partial charge in [-0.15, -0.1) is 0 Å². The summed E-state index contributed by atoms with van der Waals surface area (Å²) in [6.45, 7) is 10.1. The molecule has 2 N–H and O–H groups in total. The molecular formula is C10H24BN. The lowest BCUT2D eigenvalue weighted by Gasteiger charge is -2.25. The number of nitrogens with two attached hydrogens (primary N) is 1. The lowest BCUT2D eigenvalue weighted by molar-refractivity contribution is 0.285. The van der Waals surface area contributed by atoms with E-state index in [-0.39, 0.29) is 0 Å². The molecule has 0 aromatic carbocycles. The van der Waals surface area contributed by atoms with Crippen LogP contribution in [-0.4, -0.2) is 13.8 Å². The van der Waals surface area contributed by atoms with Crippen molar-refractivity contribution in [3.05, 3.63) is 0 Å². The van der Waals surface area contributed by atoms with E-state index in [4.69, 9.17) is 5.73 Å². The van der Waals surface area contributed by atoms with Crippen LogP contribution in [0.1, 0.15) is 27.2 Å². The first kappa shape index (κ1) is 12.0. The molecule has 0 radical (unpaired) electrons. The van der Waals surface area contributed by atoms with Crippen molar-refractivity contribution in [1.29, 1.82) is 0 Å². The third-order valence-electron chi connectivity index (χ3n) is 3.16. The summed E-state index contributed by atoms with van der Waals surface area (Å²) in [6.07, 6.45) is 2.53. The van der Waals surface area contributed by atoms with Crippen molar-refractivity contribution in [2.75, 3.05) is 6.54 Å². The van der Waals surface area contributed by atoms with Crippen LogP contribution in [0, 0.1) is 17.8 Å². The molecule has 0 amide bonds. The minimum absolute atomic E-state index is 0.788. The number of hydrogen-bond donors (Lipinski definition) is 1. The SMILES string of the molecule is CBCC(C)[C@H](C)C(C)CCN. The highest BCUT2D eigenvalue weighted by Crippen LogP contribution is 2.25. The van der Waals surface area contributed by atoms with Gasteiger partial charge in [-0.05, 0) is 30.7 Å². The molecule has 1 nitrogen and oxygen atoms in total. The van der Waals surface area contributed by atoms with Gasteiger partial charge in [-0.2, -0.15) is 0 Å². The lowest BCUT2D eigenvalue weighted by atomic mass is 9.67. The van der Waals surface area contributed by atoms with Crippen LogP contribution in [0.2, 0.25) is 13.1 Å². The van der Waals surface area contributed by atoms with Gasteiger partial charge < -0.3 is 5.73 Å². The average molecular weight is 169 g/mol. The molecule has 0 rings (SSSR count). The van der Waals surface area contributed by atoms with E-state index in [1.165, 1.54) is 20.0 Å². The van der Waals surface area contributed by atoms with Gasteiger partial charge in [0.1, 0.15) is 7.28 Å². The van der Waals surface area contributed by atoms with Gasteiger partial charge in [0.2, 0.25) is 0 Å². The minimum atomic E-state index is 0.788. The van der Waals surface area contributed by atoms with E-state index in [1.807, 2.05) is 0 Å². The first-order chi connectivity index (χ1) is 5.63. The first-order valence-electron chi connectivity index (χ1n) is 5.33. The van der Waals surface area contributed by atoms with Crippen molar-refractivity contribution in [3.8, 4) is 0 Å². The molecule has 2 unspecified atom stereocenters. The molecule has 0 aromatic heterocycles. The second-order valence-corrected chi connectivity index (χ2v) is 4.18. The standard InChI is InChI=1S/C10H24BN/c1-8(5-6-12)10(3)9(2)7-11-4/h8-11H,5-7,12H2,1-4H3/t8?,9?,10-/m1/s1. The van der Waals surface area contributed by atoms with E-state index in [0.717, 1.165) is 24.3 Å². The summed E-state index contributed by atoms with van der Waals surface area (Å²) in [6, 6.07) is 0. The highest BCUT2D eigenvalue weighted by molar-refractivity contribution is 6.33. The van der Waals surface area contributed by atoms with E-state index >= 15 is 0 Å². The molecule has 0 heterocycles. The predicted molar refractivity (Wildman–Crippen MR) is 59.0 cm³/mol. The van der Waals surface area contributed by atoms with Crippen LogP contribution in [-0.2, 0) is 0 Å². The molecule has 2 heteroatoms. The molecule has 3 atom stereocenters. The molecule has 0 saturated carbocycles. The van der Waals surface area contributed by atoms with Crippen molar-refractivity contribution < 1.29 is 0 Å². The molecule has 0 spiro atoms. The van der Waals surface area contributed by atoms with Crippen molar-refractivity contribution in [2.45, 2.75) is 40.3 Å². The molecule has 0 aliphatic rings. The van der Waals surface area contributed by atoms with Crippen LogP contribution in [0.25, 0.3) is 0 Å². The zero-order valence-electron chi connectivity index (χ0n) is 9.14. The van der Waals surface area contributed by atoms with Gasteiger partial charge in [0.25, 0.3) is 0 Å². The van der Waals surface area contributed by atoms with E-state index in [9.17, 15) is 0 Å². The summed E-state index contributed by atoms with van der Waals surface area (Å²) < 4.78 is 0. The lowest BCUT2D eigenvalue weighted by Crippen LogP contribution is -2.19. The highest BCUT2D eigenvalue weighted by atomic mass is 14.5. The molecule has 0 aliphatic heterocycles. The van der Waals surface area contributed by atoms with Gasteiger partial charge in [-0.25, -0.2) is 0 Å². The molecule has 0 aromatic rings. The Morgan fingerprint density at radius 2 is 1.75 bits per heavy atom. The van der Waals surface area contributed by atoms with Crippen molar-refractivity contribution in [3.63, 3.8) is 0 Å². The zero-order chi connectivity index (χ0) is 9.56. The van der Waals surface area contributed by atoms with Crippen molar-refractivity contribution in [1.82, 2.24) is 0 Å². The third kappa shape index (κ3) is 4.15.